The second-order valence-corrected chi connectivity index (χ2v) is 5.35. The normalized spacial score (nSPS) is 9.73. The van der Waals surface area contributed by atoms with Crippen LogP contribution in [0.4, 0.5) is 8.78 Å². The maximum absolute atomic E-state index is 13.2. The van der Waals surface area contributed by atoms with E-state index in [0.29, 0.717) is 11.4 Å². The number of hydrogen-bond acceptors (Lipinski definition) is 4. The topological polar surface area (TPSA) is 63.8 Å². The fourth-order valence-electron chi connectivity index (χ4n) is 1.93. The number of hydrogen-bond donors (Lipinski definition) is 1. The van der Waals surface area contributed by atoms with Gasteiger partial charge in [-0.2, -0.15) is 5.10 Å². The summed E-state index contributed by atoms with van der Waals surface area (Å²) in [5, 5.41) is 12.9. The SMILES string of the molecule is C=C(O)c1cc(C)n(C)n1.Cc1ccnc(-c2[c-]cc(F)nc2F)c1.[Ir]. The van der Waals surface area contributed by atoms with Crippen LogP contribution in [0.25, 0.3) is 17.0 Å². The molecule has 3 aromatic heterocycles. The van der Waals surface area contributed by atoms with Crippen LogP contribution in [0.3, 0.4) is 0 Å². The van der Waals surface area contributed by atoms with Gasteiger partial charge >= 0.3 is 0 Å². The van der Waals surface area contributed by atoms with E-state index in [4.69, 9.17) is 5.11 Å². The van der Waals surface area contributed by atoms with E-state index in [0.717, 1.165) is 17.3 Å². The molecule has 3 aromatic rings. The number of rotatable bonds is 2. The second-order valence-electron chi connectivity index (χ2n) is 5.35. The van der Waals surface area contributed by atoms with Gasteiger partial charge in [0.15, 0.2) is 0 Å². The van der Waals surface area contributed by atoms with Gasteiger partial charge in [0.25, 0.3) is 0 Å². The van der Waals surface area contributed by atoms with Gasteiger partial charge in [-0.05, 0) is 31.7 Å². The second kappa shape index (κ2) is 9.31. The molecule has 26 heavy (non-hydrogen) atoms. The average Bonchev–Trinajstić information content (AvgIpc) is 2.88. The van der Waals surface area contributed by atoms with Crippen LogP contribution in [0.1, 0.15) is 17.0 Å². The molecule has 8 heteroatoms. The van der Waals surface area contributed by atoms with E-state index in [9.17, 15) is 8.78 Å². The first kappa shape index (κ1) is 21.6. The van der Waals surface area contributed by atoms with Gasteiger partial charge in [0.2, 0.25) is 0 Å². The Hall–Kier alpha value is -2.44. The molecule has 139 valence electrons. The number of nitrogens with zero attached hydrogens (tertiary/aromatic N) is 4. The van der Waals surface area contributed by atoms with Crippen molar-refractivity contribution in [2.24, 2.45) is 7.05 Å². The Morgan fingerprint density at radius 3 is 2.42 bits per heavy atom. The summed E-state index contributed by atoms with van der Waals surface area (Å²) in [4.78, 5) is 7.04. The van der Waals surface area contributed by atoms with E-state index in [2.05, 4.69) is 27.7 Å². The fraction of sp³-hybridized carbons (Fsp3) is 0.167. The maximum atomic E-state index is 13.2. The Kier molecular flexibility index (Phi) is 7.74. The smallest absolute Gasteiger partial charge is 0.135 e. The Morgan fingerprint density at radius 1 is 1.27 bits per heavy atom. The molecule has 0 saturated carbocycles. The first-order valence-corrected chi connectivity index (χ1v) is 7.33. The molecule has 1 radical (unpaired) electrons. The Bertz CT molecular complexity index is 892. The van der Waals surface area contributed by atoms with Crippen molar-refractivity contribution < 1.29 is 34.0 Å². The van der Waals surface area contributed by atoms with Crippen LogP contribution in [-0.2, 0) is 27.2 Å². The maximum Gasteiger partial charge on any atom is 0.135 e. The molecule has 0 aliphatic rings. The van der Waals surface area contributed by atoms with Crippen LogP contribution in [0.2, 0.25) is 0 Å². The molecule has 0 aliphatic carbocycles. The molecule has 0 fully saturated rings. The summed E-state index contributed by atoms with van der Waals surface area (Å²) in [6, 6.07) is 8.72. The van der Waals surface area contributed by atoms with Gasteiger partial charge in [0, 0.05) is 39.0 Å². The van der Waals surface area contributed by atoms with Crippen molar-refractivity contribution in [1.82, 2.24) is 19.7 Å². The molecule has 0 unspecified atom stereocenters. The zero-order valence-electron chi connectivity index (χ0n) is 14.4. The Balaban J connectivity index is 0.000000270. The molecule has 5 nitrogen and oxygen atoms in total. The zero-order chi connectivity index (χ0) is 18.6. The van der Waals surface area contributed by atoms with E-state index in [-0.39, 0.29) is 31.4 Å². The molecule has 0 saturated heterocycles. The fourth-order valence-corrected chi connectivity index (χ4v) is 1.93. The summed E-state index contributed by atoms with van der Waals surface area (Å²) < 4.78 is 27.5. The van der Waals surface area contributed by atoms with Crippen LogP contribution in [0, 0.1) is 31.8 Å². The van der Waals surface area contributed by atoms with Crippen LogP contribution >= 0.6 is 0 Å². The average molecular weight is 536 g/mol. The van der Waals surface area contributed by atoms with E-state index in [1.807, 2.05) is 20.9 Å². The minimum atomic E-state index is -0.895. The number of aliphatic hydroxyl groups is 1. The van der Waals surface area contributed by atoms with Crippen molar-refractivity contribution in [1.29, 1.82) is 0 Å². The van der Waals surface area contributed by atoms with E-state index in [1.54, 1.807) is 29.1 Å². The third kappa shape index (κ3) is 5.54. The van der Waals surface area contributed by atoms with E-state index in [1.165, 1.54) is 0 Å². The molecule has 0 atom stereocenters. The predicted molar refractivity (Wildman–Crippen MR) is 90.6 cm³/mol. The van der Waals surface area contributed by atoms with E-state index >= 15 is 0 Å². The van der Waals surface area contributed by atoms with Gasteiger partial charge in [0.05, 0.1) is 0 Å². The molecule has 0 aromatic carbocycles. The summed E-state index contributed by atoms with van der Waals surface area (Å²) in [5.41, 5.74) is 2.97. The predicted octanol–water partition coefficient (Wildman–Crippen LogP) is 3.79. The molecule has 3 rings (SSSR count). The largest absolute Gasteiger partial charge is 0.506 e. The Labute approximate surface area is 163 Å². The quantitative estimate of drug-likeness (QED) is 0.308. The van der Waals surface area contributed by atoms with Crippen LogP contribution in [0.5, 0.6) is 0 Å². The summed E-state index contributed by atoms with van der Waals surface area (Å²) in [6.45, 7) is 7.14. The van der Waals surface area contributed by atoms with Crippen molar-refractivity contribution in [3.05, 3.63) is 72.0 Å². The molecule has 1 N–H and O–H groups in total. The standard InChI is InChI=1S/C11H7F2N2.C7H10N2O.Ir/c1-7-4-5-14-9(6-7)8-2-3-10(12)15-11(8)13;1-5-4-7(6(2)10)8-9(5)3;/h3-6H,1H3;4,10H,2H2,1,3H3;/q-1;;. The number of aromatic nitrogens is 4. The van der Waals surface area contributed by atoms with Gasteiger partial charge in [-0.3, -0.25) is 9.67 Å². The summed E-state index contributed by atoms with van der Waals surface area (Å²) in [7, 11) is 1.82. The molecule has 0 spiro atoms. The Morgan fingerprint density at radius 2 is 1.96 bits per heavy atom. The third-order valence-corrected chi connectivity index (χ3v) is 3.33. The summed E-state index contributed by atoms with van der Waals surface area (Å²) in [5.74, 6) is -1.76. The van der Waals surface area contributed by atoms with Crippen molar-refractivity contribution >= 4 is 5.76 Å². The monoisotopic (exact) mass is 536 g/mol. The molecule has 0 aliphatic heterocycles. The number of aliphatic hydroxyl groups excluding tert-OH is 1. The first-order valence-electron chi connectivity index (χ1n) is 7.33. The van der Waals surface area contributed by atoms with Crippen LogP contribution in [0.15, 0.2) is 37.0 Å². The van der Waals surface area contributed by atoms with Gasteiger partial charge < -0.3 is 10.1 Å². The minimum Gasteiger partial charge on any atom is -0.506 e. The van der Waals surface area contributed by atoms with Crippen molar-refractivity contribution in [3.8, 4) is 11.3 Å². The molecular weight excluding hydrogens is 518 g/mol. The minimum absolute atomic E-state index is 0. The van der Waals surface area contributed by atoms with Crippen molar-refractivity contribution in [3.63, 3.8) is 0 Å². The molecular formula is C18H17F2IrN4O-. The molecule has 0 amide bonds. The number of pyridine rings is 2. The summed E-state index contributed by atoms with van der Waals surface area (Å²) >= 11 is 0. The van der Waals surface area contributed by atoms with Gasteiger partial charge in [-0.25, -0.2) is 8.78 Å². The van der Waals surface area contributed by atoms with Crippen molar-refractivity contribution in [2.75, 3.05) is 0 Å². The van der Waals surface area contributed by atoms with Gasteiger partial charge in [-0.1, -0.05) is 29.8 Å². The number of aryl methyl sites for hydroxylation is 3. The molecule has 3 heterocycles. The van der Waals surface area contributed by atoms with Crippen LogP contribution in [-0.4, -0.2) is 24.9 Å². The van der Waals surface area contributed by atoms with Gasteiger partial charge in [0.1, 0.15) is 23.3 Å². The van der Waals surface area contributed by atoms with Crippen molar-refractivity contribution in [2.45, 2.75) is 13.8 Å². The number of halogens is 2. The van der Waals surface area contributed by atoms with Gasteiger partial charge in [-0.15, -0.1) is 6.07 Å². The van der Waals surface area contributed by atoms with Crippen LogP contribution < -0.4 is 0 Å². The first-order chi connectivity index (χ1) is 11.8. The third-order valence-electron chi connectivity index (χ3n) is 3.33. The molecule has 0 bridgehead atoms. The van der Waals surface area contributed by atoms with E-state index < -0.39 is 11.9 Å². The zero-order valence-corrected chi connectivity index (χ0v) is 16.8. The summed E-state index contributed by atoms with van der Waals surface area (Å²) in [6.07, 6.45) is 1.56.